The molecule has 5 heteroatoms. The van der Waals surface area contributed by atoms with E-state index in [0.29, 0.717) is 6.54 Å². The minimum atomic E-state index is -0.341. The Balaban J connectivity index is 1.73. The summed E-state index contributed by atoms with van der Waals surface area (Å²) in [5.74, 6) is 0.0820. The fourth-order valence-corrected chi connectivity index (χ4v) is 4.26. The molecule has 0 atom stereocenters. The summed E-state index contributed by atoms with van der Waals surface area (Å²) >= 11 is 1.65. The van der Waals surface area contributed by atoms with Crippen LogP contribution in [0.5, 0.6) is 0 Å². The first kappa shape index (κ1) is 13.1. The molecule has 0 aliphatic heterocycles. The van der Waals surface area contributed by atoms with Gasteiger partial charge in [0.2, 0.25) is 5.91 Å². The molecule has 0 unspecified atom stereocenters. The predicted molar refractivity (Wildman–Crippen MR) is 77.3 cm³/mol. The molecule has 2 aliphatic rings. The Morgan fingerprint density at radius 2 is 2.00 bits per heavy atom. The number of amides is 1. The fraction of sp³-hybridized carbons (Fsp3) is 0.714. The highest BCUT2D eigenvalue weighted by atomic mass is 32.1. The molecule has 4 nitrogen and oxygen atoms in total. The van der Waals surface area contributed by atoms with Crippen molar-refractivity contribution in [3.63, 3.8) is 0 Å². The number of aromatic nitrogens is 1. The first-order valence-corrected chi connectivity index (χ1v) is 8.05. The van der Waals surface area contributed by atoms with Crippen LogP contribution in [0.15, 0.2) is 0 Å². The molecule has 1 heterocycles. The number of fused-ring (bicyclic) bond motifs is 1. The van der Waals surface area contributed by atoms with Crippen LogP contribution in [0.25, 0.3) is 0 Å². The first-order valence-electron chi connectivity index (χ1n) is 7.24. The second kappa shape index (κ2) is 5.21. The molecular weight excluding hydrogens is 258 g/mol. The van der Waals surface area contributed by atoms with Gasteiger partial charge < -0.3 is 11.1 Å². The van der Waals surface area contributed by atoms with Crippen LogP contribution in [0.4, 0.5) is 5.13 Å². The molecule has 3 rings (SSSR count). The standard InChI is InChI=1S/C14H21N3OS/c15-9-14(7-3-4-8-14)12(18)17-13-16-10-5-1-2-6-11(10)19-13/h1-9,15H2,(H,16,17,18). The maximum Gasteiger partial charge on any atom is 0.233 e. The van der Waals surface area contributed by atoms with Crippen LogP contribution in [0, 0.1) is 5.41 Å². The monoisotopic (exact) mass is 279 g/mol. The van der Waals surface area contributed by atoms with Crippen molar-refractivity contribution >= 4 is 22.4 Å². The van der Waals surface area contributed by atoms with Gasteiger partial charge in [0, 0.05) is 11.4 Å². The van der Waals surface area contributed by atoms with Gasteiger partial charge in [0.1, 0.15) is 0 Å². The van der Waals surface area contributed by atoms with Gasteiger partial charge in [-0.15, -0.1) is 11.3 Å². The van der Waals surface area contributed by atoms with Crippen molar-refractivity contribution in [2.45, 2.75) is 51.4 Å². The lowest BCUT2D eigenvalue weighted by Crippen LogP contribution is -2.40. The zero-order valence-corrected chi connectivity index (χ0v) is 12.0. The van der Waals surface area contributed by atoms with Crippen LogP contribution in [0.2, 0.25) is 0 Å². The van der Waals surface area contributed by atoms with Gasteiger partial charge in [-0.2, -0.15) is 0 Å². The lowest BCUT2D eigenvalue weighted by Gasteiger charge is -2.24. The Kier molecular flexibility index (Phi) is 3.58. The number of aryl methyl sites for hydroxylation is 2. The number of anilines is 1. The molecule has 0 aromatic carbocycles. The zero-order chi connectivity index (χ0) is 13.3. The molecule has 0 bridgehead atoms. The third kappa shape index (κ3) is 2.41. The average Bonchev–Trinajstić information content (AvgIpc) is 3.05. The van der Waals surface area contributed by atoms with E-state index >= 15 is 0 Å². The predicted octanol–water partition coefficient (Wildman–Crippen LogP) is 2.48. The number of rotatable bonds is 3. The molecule has 1 aromatic rings. The lowest BCUT2D eigenvalue weighted by atomic mass is 9.85. The molecule has 0 spiro atoms. The smallest absolute Gasteiger partial charge is 0.233 e. The van der Waals surface area contributed by atoms with Crippen molar-refractivity contribution in [1.29, 1.82) is 0 Å². The number of carbonyl (C=O) groups is 1. The van der Waals surface area contributed by atoms with Crippen LogP contribution in [-0.4, -0.2) is 17.4 Å². The lowest BCUT2D eigenvalue weighted by molar-refractivity contribution is -0.124. The van der Waals surface area contributed by atoms with Crippen LogP contribution in [-0.2, 0) is 17.6 Å². The summed E-state index contributed by atoms with van der Waals surface area (Å²) in [6, 6.07) is 0. The third-order valence-corrected chi connectivity index (χ3v) is 5.57. The minimum Gasteiger partial charge on any atom is -0.329 e. The quantitative estimate of drug-likeness (QED) is 0.893. The minimum absolute atomic E-state index is 0.0820. The first-order chi connectivity index (χ1) is 9.23. The highest BCUT2D eigenvalue weighted by Gasteiger charge is 2.40. The van der Waals surface area contributed by atoms with Crippen molar-refractivity contribution in [2.75, 3.05) is 11.9 Å². The molecule has 1 saturated carbocycles. The normalized spacial score (nSPS) is 21.1. The number of nitrogens with one attached hydrogen (secondary N) is 1. The maximum atomic E-state index is 12.5. The van der Waals surface area contributed by atoms with Gasteiger partial charge in [-0.3, -0.25) is 4.79 Å². The second-order valence-corrected chi connectivity index (χ2v) is 6.83. The van der Waals surface area contributed by atoms with Gasteiger partial charge in [0.05, 0.1) is 11.1 Å². The maximum absolute atomic E-state index is 12.5. The summed E-state index contributed by atoms with van der Waals surface area (Å²) in [6.45, 7) is 0.448. The molecule has 1 aromatic heterocycles. The molecule has 19 heavy (non-hydrogen) atoms. The Bertz CT molecular complexity index is 454. The summed E-state index contributed by atoms with van der Waals surface area (Å²) in [5.41, 5.74) is 6.70. The van der Waals surface area contributed by atoms with E-state index in [9.17, 15) is 4.79 Å². The molecule has 3 N–H and O–H groups in total. The Hall–Kier alpha value is -0.940. The largest absolute Gasteiger partial charge is 0.329 e. The van der Waals surface area contributed by atoms with Crippen molar-refractivity contribution in [3.8, 4) is 0 Å². The zero-order valence-electron chi connectivity index (χ0n) is 11.2. The summed E-state index contributed by atoms with van der Waals surface area (Å²) in [5, 5.41) is 3.80. The number of carbonyl (C=O) groups excluding carboxylic acids is 1. The van der Waals surface area contributed by atoms with Gasteiger partial charge >= 0.3 is 0 Å². The van der Waals surface area contributed by atoms with Gasteiger partial charge in [0.25, 0.3) is 0 Å². The molecule has 104 valence electrons. The number of nitrogens with zero attached hydrogens (tertiary/aromatic N) is 1. The molecule has 0 radical (unpaired) electrons. The summed E-state index contributed by atoms with van der Waals surface area (Å²) < 4.78 is 0. The van der Waals surface area contributed by atoms with Crippen molar-refractivity contribution in [1.82, 2.24) is 4.98 Å². The van der Waals surface area contributed by atoms with E-state index < -0.39 is 0 Å². The van der Waals surface area contributed by atoms with Gasteiger partial charge in [0.15, 0.2) is 5.13 Å². The summed E-state index contributed by atoms with van der Waals surface area (Å²) in [4.78, 5) is 18.4. The van der Waals surface area contributed by atoms with Crippen molar-refractivity contribution in [3.05, 3.63) is 10.6 Å². The second-order valence-electron chi connectivity index (χ2n) is 5.74. The Labute approximate surface area is 117 Å². The Morgan fingerprint density at radius 3 is 2.68 bits per heavy atom. The number of hydrogen-bond acceptors (Lipinski definition) is 4. The molecule has 1 amide bonds. The summed E-state index contributed by atoms with van der Waals surface area (Å²) in [7, 11) is 0. The third-order valence-electron chi connectivity index (χ3n) is 4.50. The van der Waals surface area contributed by atoms with Gasteiger partial charge in [-0.25, -0.2) is 4.98 Å². The number of hydrogen-bond donors (Lipinski definition) is 2. The van der Waals surface area contributed by atoms with E-state index in [1.165, 1.54) is 23.4 Å². The van der Waals surface area contributed by atoms with Crippen molar-refractivity contribution in [2.24, 2.45) is 11.1 Å². The highest BCUT2D eigenvalue weighted by Crippen LogP contribution is 2.39. The Morgan fingerprint density at radius 1 is 1.26 bits per heavy atom. The van der Waals surface area contributed by atoms with E-state index in [-0.39, 0.29) is 11.3 Å². The molecular formula is C14H21N3OS. The van der Waals surface area contributed by atoms with E-state index in [4.69, 9.17) is 5.73 Å². The van der Waals surface area contributed by atoms with Crippen LogP contribution in [0.3, 0.4) is 0 Å². The van der Waals surface area contributed by atoms with E-state index in [2.05, 4.69) is 10.3 Å². The SMILES string of the molecule is NCC1(C(=O)Nc2nc3c(s2)CCCC3)CCCC1. The fourth-order valence-electron chi connectivity index (χ4n) is 3.21. The van der Waals surface area contributed by atoms with Crippen LogP contribution in [0.1, 0.15) is 49.1 Å². The van der Waals surface area contributed by atoms with E-state index in [0.717, 1.165) is 43.7 Å². The number of thiazole rings is 1. The van der Waals surface area contributed by atoms with Crippen LogP contribution < -0.4 is 11.1 Å². The topological polar surface area (TPSA) is 68.0 Å². The van der Waals surface area contributed by atoms with E-state index in [1.54, 1.807) is 11.3 Å². The molecule has 2 aliphatic carbocycles. The average molecular weight is 279 g/mol. The van der Waals surface area contributed by atoms with E-state index in [1.807, 2.05) is 0 Å². The van der Waals surface area contributed by atoms with Gasteiger partial charge in [-0.1, -0.05) is 12.8 Å². The number of nitrogens with two attached hydrogens (primary N) is 1. The molecule has 0 saturated heterocycles. The molecule has 1 fully saturated rings. The summed E-state index contributed by atoms with van der Waals surface area (Å²) in [6.07, 6.45) is 8.69. The highest BCUT2D eigenvalue weighted by molar-refractivity contribution is 7.15. The van der Waals surface area contributed by atoms with Crippen molar-refractivity contribution < 1.29 is 4.79 Å². The van der Waals surface area contributed by atoms with Crippen LogP contribution >= 0.6 is 11.3 Å². The van der Waals surface area contributed by atoms with Gasteiger partial charge in [-0.05, 0) is 38.5 Å².